The predicted octanol–water partition coefficient (Wildman–Crippen LogP) is 5.02. The number of aryl methyl sites for hydroxylation is 1. The van der Waals surface area contributed by atoms with Crippen molar-refractivity contribution in [3.05, 3.63) is 68.2 Å². The molecule has 0 saturated carbocycles. The summed E-state index contributed by atoms with van der Waals surface area (Å²) < 4.78 is 0. The number of halogens is 3. The number of rotatable bonds is 3. The van der Waals surface area contributed by atoms with Gasteiger partial charge in [0.2, 0.25) is 11.6 Å². The van der Waals surface area contributed by atoms with Crippen LogP contribution in [0.5, 0.6) is 0 Å². The first-order chi connectivity index (χ1) is 9.40. The van der Waals surface area contributed by atoms with Crippen LogP contribution in [0, 0.1) is 6.92 Å². The summed E-state index contributed by atoms with van der Waals surface area (Å²) in [6, 6.07) is 9.22. The van der Waals surface area contributed by atoms with E-state index in [0.29, 0.717) is 5.02 Å². The first-order valence-electron chi connectivity index (χ1n) is 5.70. The second-order valence-electron chi connectivity index (χ2n) is 4.27. The highest BCUT2D eigenvalue weighted by molar-refractivity contribution is 6.54. The maximum atomic E-state index is 12.2. The van der Waals surface area contributed by atoms with Crippen LogP contribution in [0.3, 0.4) is 0 Å². The number of carbonyl (C=O) groups excluding carboxylic acids is 2. The molecular formula is C15H9Cl3O2. The van der Waals surface area contributed by atoms with Crippen molar-refractivity contribution >= 4 is 46.4 Å². The lowest BCUT2D eigenvalue weighted by atomic mass is 10.0. The lowest BCUT2D eigenvalue weighted by Gasteiger charge is -2.06. The van der Waals surface area contributed by atoms with Crippen LogP contribution in [0.4, 0.5) is 0 Å². The average molecular weight is 328 g/mol. The standard InChI is InChI=1S/C15H9Cl3O2/c1-8-2-4-10(12(17)6-8)14(19)15(20)11-5-3-9(16)7-13(11)18/h2-7H,1H3. The Labute approximate surface area is 131 Å². The molecule has 0 unspecified atom stereocenters. The molecule has 0 bridgehead atoms. The van der Waals surface area contributed by atoms with Gasteiger partial charge in [-0.1, -0.05) is 40.9 Å². The van der Waals surface area contributed by atoms with E-state index in [-0.39, 0.29) is 21.2 Å². The van der Waals surface area contributed by atoms with Crippen molar-refractivity contribution < 1.29 is 9.59 Å². The lowest BCUT2D eigenvalue weighted by molar-refractivity contribution is 0.0817. The van der Waals surface area contributed by atoms with Crippen LogP contribution in [-0.2, 0) is 0 Å². The summed E-state index contributed by atoms with van der Waals surface area (Å²) >= 11 is 17.7. The van der Waals surface area contributed by atoms with E-state index < -0.39 is 11.6 Å². The van der Waals surface area contributed by atoms with Crippen LogP contribution in [0.1, 0.15) is 26.3 Å². The molecule has 0 atom stereocenters. The van der Waals surface area contributed by atoms with E-state index in [9.17, 15) is 9.59 Å². The van der Waals surface area contributed by atoms with E-state index in [2.05, 4.69) is 0 Å². The highest BCUT2D eigenvalue weighted by Crippen LogP contribution is 2.24. The number of ketones is 2. The van der Waals surface area contributed by atoms with E-state index in [0.717, 1.165) is 5.56 Å². The largest absolute Gasteiger partial charge is 0.285 e. The summed E-state index contributed by atoms with van der Waals surface area (Å²) in [6.07, 6.45) is 0. The van der Waals surface area contributed by atoms with Crippen LogP contribution in [-0.4, -0.2) is 11.6 Å². The summed E-state index contributed by atoms with van der Waals surface area (Å²) in [5.74, 6) is -1.41. The zero-order chi connectivity index (χ0) is 14.9. The summed E-state index contributed by atoms with van der Waals surface area (Å²) in [6.45, 7) is 1.85. The maximum Gasteiger partial charge on any atom is 0.235 e. The molecule has 0 N–H and O–H groups in total. The zero-order valence-electron chi connectivity index (χ0n) is 10.4. The summed E-state index contributed by atoms with van der Waals surface area (Å²) in [4.78, 5) is 24.4. The van der Waals surface area contributed by atoms with Gasteiger partial charge in [0.25, 0.3) is 0 Å². The third kappa shape index (κ3) is 3.04. The van der Waals surface area contributed by atoms with Gasteiger partial charge in [-0.15, -0.1) is 0 Å². The SMILES string of the molecule is Cc1ccc(C(=O)C(=O)c2ccc(Cl)cc2Cl)c(Cl)c1. The third-order valence-corrected chi connectivity index (χ3v) is 3.61. The lowest BCUT2D eigenvalue weighted by Crippen LogP contribution is -2.15. The Morgan fingerprint density at radius 3 is 1.80 bits per heavy atom. The van der Waals surface area contributed by atoms with Crippen molar-refractivity contribution in [1.29, 1.82) is 0 Å². The molecule has 0 radical (unpaired) electrons. The van der Waals surface area contributed by atoms with E-state index in [4.69, 9.17) is 34.8 Å². The monoisotopic (exact) mass is 326 g/mol. The quantitative estimate of drug-likeness (QED) is 0.586. The molecule has 0 spiro atoms. The summed E-state index contributed by atoms with van der Waals surface area (Å²) in [5.41, 5.74) is 1.18. The van der Waals surface area contributed by atoms with Crippen molar-refractivity contribution in [1.82, 2.24) is 0 Å². The van der Waals surface area contributed by atoms with E-state index in [1.165, 1.54) is 24.3 Å². The van der Waals surface area contributed by atoms with Gasteiger partial charge in [-0.05, 0) is 42.8 Å². The molecule has 0 aromatic heterocycles. The fraction of sp³-hybridized carbons (Fsp3) is 0.0667. The van der Waals surface area contributed by atoms with E-state index >= 15 is 0 Å². The molecule has 5 heteroatoms. The second-order valence-corrected chi connectivity index (χ2v) is 5.52. The highest BCUT2D eigenvalue weighted by atomic mass is 35.5. The minimum atomic E-state index is -0.711. The van der Waals surface area contributed by atoms with Crippen molar-refractivity contribution in [3.8, 4) is 0 Å². The Hall–Kier alpha value is -1.35. The Morgan fingerprint density at radius 2 is 1.30 bits per heavy atom. The van der Waals surface area contributed by atoms with Gasteiger partial charge >= 0.3 is 0 Å². The Kier molecular flexibility index (Phi) is 4.48. The topological polar surface area (TPSA) is 34.1 Å². The molecule has 0 aliphatic carbocycles. The number of hydrogen-bond acceptors (Lipinski definition) is 2. The van der Waals surface area contributed by atoms with Crippen LogP contribution in [0.2, 0.25) is 15.1 Å². The summed E-state index contributed by atoms with van der Waals surface area (Å²) in [5, 5.41) is 0.778. The average Bonchev–Trinajstić information content (AvgIpc) is 2.37. The van der Waals surface area contributed by atoms with Crippen LogP contribution < -0.4 is 0 Å². The molecule has 0 aliphatic rings. The third-order valence-electron chi connectivity index (χ3n) is 2.75. The smallest absolute Gasteiger partial charge is 0.235 e. The van der Waals surface area contributed by atoms with Gasteiger partial charge in [-0.2, -0.15) is 0 Å². The molecule has 0 amide bonds. The molecule has 2 aromatic rings. The number of benzene rings is 2. The van der Waals surface area contributed by atoms with E-state index in [1.54, 1.807) is 12.1 Å². The highest BCUT2D eigenvalue weighted by Gasteiger charge is 2.22. The fourth-order valence-corrected chi connectivity index (χ4v) is 2.54. The fourth-order valence-electron chi connectivity index (χ4n) is 1.72. The van der Waals surface area contributed by atoms with Crippen LogP contribution in [0.25, 0.3) is 0 Å². The molecule has 2 rings (SSSR count). The molecule has 0 heterocycles. The number of Topliss-reactive ketones (excluding diaryl/α,β-unsaturated/α-hetero) is 2. The Morgan fingerprint density at radius 1 is 0.800 bits per heavy atom. The van der Waals surface area contributed by atoms with Crippen molar-refractivity contribution in [3.63, 3.8) is 0 Å². The Bertz CT molecular complexity index is 647. The molecule has 102 valence electrons. The minimum absolute atomic E-state index is 0.109. The molecule has 20 heavy (non-hydrogen) atoms. The van der Waals surface area contributed by atoms with Gasteiger partial charge in [-0.3, -0.25) is 9.59 Å². The van der Waals surface area contributed by atoms with Crippen LogP contribution >= 0.6 is 34.8 Å². The van der Waals surface area contributed by atoms with Gasteiger partial charge < -0.3 is 0 Å². The minimum Gasteiger partial charge on any atom is -0.285 e. The van der Waals surface area contributed by atoms with Crippen LogP contribution in [0.15, 0.2) is 36.4 Å². The zero-order valence-corrected chi connectivity index (χ0v) is 12.7. The molecule has 0 fully saturated rings. The molecular weight excluding hydrogens is 319 g/mol. The van der Waals surface area contributed by atoms with Crippen molar-refractivity contribution in [2.45, 2.75) is 6.92 Å². The maximum absolute atomic E-state index is 12.2. The van der Waals surface area contributed by atoms with Gasteiger partial charge in [0, 0.05) is 16.1 Å². The van der Waals surface area contributed by atoms with Gasteiger partial charge in [0.1, 0.15) is 0 Å². The van der Waals surface area contributed by atoms with Crippen molar-refractivity contribution in [2.75, 3.05) is 0 Å². The normalized spacial score (nSPS) is 10.4. The number of carbonyl (C=O) groups is 2. The Balaban J connectivity index is 2.40. The van der Waals surface area contributed by atoms with Gasteiger partial charge in [0.05, 0.1) is 10.0 Å². The second kappa shape index (κ2) is 5.96. The summed E-state index contributed by atoms with van der Waals surface area (Å²) in [7, 11) is 0. The predicted molar refractivity (Wildman–Crippen MR) is 81.3 cm³/mol. The molecule has 2 aromatic carbocycles. The first kappa shape index (κ1) is 15.0. The first-order valence-corrected chi connectivity index (χ1v) is 6.84. The van der Waals surface area contributed by atoms with E-state index in [1.807, 2.05) is 6.92 Å². The number of hydrogen-bond donors (Lipinski definition) is 0. The van der Waals surface area contributed by atoms with Gasteiger partial charge in [0.15, 0.2) is 0 Å². The molecule has 2 nitrogen and oxygen atoms in total. The van der Waals surface area contributed by atoms with Crippen molar-refractivity contribution in [2.24, 2.45) is 0 Å². The van der Waals surface area contributed by atoms with Gasteiger partial charge in [-0.25, -0.2) is 0 Å². The molecule has 0 saturated heterocycles. The molecule has 0 aliphatic heterocycles.